The summed E-state index contributed by atoms with van der Waals surface area (Å²) in [5.41, 5.74) is 0. The highest BCUT2D eigenvalue weighted by Gasteiger charge is 2.04. The molecule has 0 heterocycles. The topological polar surface area (TPSA) is 60.4 Å². The first-order valence-corrected chi connectivity index (χ1v) is 9.49. The average Bonchev–Trinajstić information content (AvgIpc) is 2.59. The molecule has 0 aliphatic rings. The van der Waals surface area contributed by atoms with E-state index in [1.807, 2.05) is 0 Å². The highest BCUT2D eigenvalue weighted by molar-refractivity contribution is 4.56. The molecule has 0 aliphatic carbocycles. The molecule has 0 saturated heterocycles. The first-order valence-electron chi connectivity index (χ1n) is 9.49. The van der Waals surface area contributed by atoms with E-state index in [0.29, 0.717) is 46.2 Å². The highest BCUT2D eigenvalue weighted by Crippen LogP contribution is 1.92. The van der Waals surface area contributed by atoms with Gasteiger partial charge in [-0.15, -0.1) is 0 Å². The number of aliphatic hydroxyl groups excluding tert-OH is 1. The smallest absolute Gasteiger partial charge is 0.0701 e. The zero-order chi connectivity index (χ0) is 17.7. The monoisotopic (exact) mass is 349 g/mol. The lowest BCUT2D eigenvalue weighted by Gasteiger charge is -2.21. The number of unbranched alkanes of at least 4 members (excludes halogenated alkanes) is 2. The van der Waals surface area contributed by atoms with E-state index in [4.69, 9.17) is 24.1 Å². The molecule has 0 rings (SSSR count). The highest BCUT2D eigenvalue weighted by atomic mass is 16.5. The summed E-state index contributed by atoms with van der Waals surface area (Å²) in [6.45, 7) is 12.2. The maximum Gasteiger partial charge on any atom is 0.0701 e. The molecule has 0 fully saturated rings. The Kier molecular flexibility index (Phi) is 20.6. The normalized spacial score (nSPS) is 11.5. The minimum absolute atomic E-state index is 0.153. The third-order valence-corrected chi connectivity index (χ3v) is 3.55. The summed E-state index contributed by atoms with van der Waals surface area (Å²) in [5.74, 6) is 0. The summed E-state index contributed by atoms with van der Waals surface area (Å²) in [4.78, 5) is 2.15. The number of rotatable bonds is 20. The second kappa shape index (κ2) is 20.8. The van der Waals surface area contributed by atoms with Crippen molar-refractivity contribution in [2.75, 3.05) is 79.1 Å². The minimum Gasteiger partial charge on any atom is -0.395 e. The van der Waals surface area contributed by atoms with Crippen molar-refractivity contribution in [3.05, 3.63) is 0 Å². The van der Waals surface area contributed by atoms with E-state index in [2.05, 4.69) is 18.7 Å². The molecule has 6 heteroatoms. The van der Waals surface area contributed by atoms with Gasteiger partial charge in [-0.3, -0.25) is 4.90 Å². The zero-order valence-electron chi connectivity index (χ0n) is 15.8. The molecule has 0 bridgehead atoms. The Balaban J connectivity index is 3.43. The Bertz CT molecular complexity index is 211. The van der Waals surface area contributed by atoms with Crippen LogP contribution in [0, 0.1) is 0 Å². The largest absolute Gasteiger partial charge is 0.395 e. The van der Waals surface area contributed by atoms with Gasteiger partial charge in [0.15, 0.2) is 0 Å². The predicted molar refractivity (Wildman–Crippen MR) is 96.6 cm³/mol. The van der Waals surface area contributed by atoms with Gasteiger partial charge < -0.3 is 24.1 Å². The van der Waals surface area contributed by atoms with Crippen molar-refractivity contribution in [1.29, 1.82) is 0 Å². The van der Waals surface area contributed by atoms with Crippen molar-refractivity contribution in [3.8, 4) is 0 Å². The van der Waals surface area contributed by atoms with E-state index in [1.54, 1.807) is 0 Å². The van der Waals surface area contributed by atoms with Crippen LogP contribution in [0.1, 0.15) is 39.5 Å². The van der Waals surface area contributed by atoms with Crippen molar-refractivity contribution in [3.63, 3.8) is 0 Å². The van der Waals surface area contributed by atoms with Crippen LogP contribution < -0.4 is 0 Å². The molecule has 0 spiro atoms. The molecule has 0 aromatic heterocycles. The molecular formula is C18H39NO5. The van der Waals surface area contributed by atoms with Crippen LogP contribution in [-0.2, 0) is 18.9 Å². The molecule has 0 unspecified atom stereocenters. The predicted octanol–water partition coefficient (Wildman–Crippen LogP) is 1.95. The molecular weight excluding hydrogens is 310 g/mol. The molecule has 0 amide bonds. The van der Waals surface area contributed by atoms with E-state index in [9.17, 15) is 0 Å². The molecule has 146 valence electrons. The minimum atomic E-state index is 0.153. The van der Waals surface area contributed by atoms with Crippen LogP contribution in [0.25, 0.3) is 0 Å². The van der Waals surface area contributed by atoms with Gasteiger partial charge in [-0.25, -0.2) is 0 Å². The van der Waals surface area contributed by atoms with Crippen LogP contribution in [0.5, 0.6) is 0 Å². The molecule has 0 aromatic rings. The van der Waals surface area contributed by atoms with Crippen molar-refractivity contribution in [2.24, 2.45) is 0 Å². The van der Waals surface area contributed by atoms with Crippen LogP contribution in [-0.4, -0.2) is 89.1 Å². The van der Waals surface area contributed by atoms with Crippen LogP contribution in [0.3, 0.4) is 0 Å². The summed E-state index contributed by atoms with van der Waals surface area (Å²) in [6, 6.07) is 0. The number of nitrogens with zero attached hydrogens (tertiary/aromatic N) is 1. The number of ether oxygens (including phenoxy) is 4. The molecule has 0 atom stereocenters. The van der Waals surface area contributed by atoms with Crippen molar-refractivity contribution < 1.29 is 24.1 Å². The fraction of sp³-hybridized carbons (Fsp3) is 1.00. The first-order chi connectivity index (χ1) is 11.8. The summed E-state index contributed by atoms with van der Waals surface area (Å²) >= 11 is 0. The Morgan fingerprint density at radius 3 is 1.38 bits per heavy atom. The molecule has 0 aliphatic heterocycles. The molecule has 0 aromatic carbocycles. The Hall–Kier alpha value is -0.240. The maximum absolute atomic E-state index is 9.12. The summed E-state index contributed by atoms with van der Waals surface area (Å²) in [7, 11) is 0. The zero-order valence-corrected chi connectivity index (χ0v) is 15.8. The SMILES string of the molecule is CCCCOCCOCCN(CCO)CCOCCOCCCC. The van der Waals surface area contributed by atoms with E-state index in [0.717, 1.165) is 52.0 Å². The van der Waals surface area contributed by atoms with Crippen LogP contribution in [0.15, 0.2) is 0 Å². The molecule has 0 saturated carbocycles. The van der Waals surface area contributed by atoms with Crippen LogP contribution >= 0.6 is 0 Å². The standard InChI is InChI=1S/C18H39NO5/c1-3-5-11-21-15-17-23-13-8-19(7-10-20)9-14-24-18-16-22-12-6-4-2/h20H,3-18H2,1-2H3. The van der Waals surface area contributed by atoms with Crippen molar-refractivity contribution >= 4 is 0 Å². The number of aliphatic hydroxyl groups is 1. The summed E-state index contributed by atoms with van der Waals surface area (Å²) in [5, 5.41) is 9.12. The summed E-state index contributed by atoms with van der Waals surface area (Å²) < 4.78 is 22.0. The number of hydrogen-bond acceptors (Lipinski definition) is 6. The Morgan fingerprint density at radius 1 is 0.583 bits per heavy atom. The van der Waals surface area contributed by atoms with Gasteiger partial charge in [-0.2, -0.15) is 0 Å². The van der Waals surface area contributed by atoms with Gasteiger partial charge in [0.25, 0.3) is 0 Å². The van der Waals surface area contributed by atoms with Gasteiger partial charge >= 0.3 is 0 Å². The average molecular weight is 350 g/mol. The van der Waals surface area contributed by atoms with E-state index >= 15 is 0 Å². The van der Waals surface area contributed by atoms with Crippen molar-refractivity contribution in [2.45, 2.75) is 39.5 Å². The third-order valence-electron chi connectivity index (χ3n) is 3.55. The van der Waals surface area contributed by atoms with Gasteiger partial charge in [-0.05, 0) is 12.8 Å². The van der Waals surface area contributed by atoms with Gasteiger partial charge in [0.05, 0.1) is 46.2 Å². The Morgan fingerprint density at radius 2 is 1.00 bits per heavy atom. The molecule has 24 heavy (non-hydrogen) atoms. The van der Waals surface area contributed by atoms with Gasteiger partial charge in [0.2, 0.25) is 0 Å². The lowest BCUT2D eigenvalue weighted by atomic mass is 10.4. The second-order valence-corrected chi connectivity index (χ2v) is 5.72. The van der Waals surface area contributed by atoms with Gasteiger partial charge in [-0.1, -0.05) is 26.7 Å². The lowest BCUT2D eigenvalue weighted by molar-refractivity contribution is 0.0207. The number of hydrogen-bond donors (Lipinski definition) is 1. The molecule has 6 nitrogen and oxygen atoms in total. The van der Waals surface area contributed by atoms with E-state index < -0.39 is 0 Å². The molecule has 0 radical (unpaired) electrons. The maximum atomic E-state index is 9.12. The Labute approximate surface area is 148 Å². The first kappa shape index (κ1) is 23.8. The van der Waals surface area contributed by atoms with E-state index in [-0.39, 0.29) is 6.61 Å². The van der Waals surface area contributed by atoms with Crippen LogP contribution in [0.2, 0.25) is 0 Å². The fourth-order valence-corrected chi connectivity index (χ4v) is 2.00. The second-order valence-electron chi connectivity index (χ2n) is 5.72. The fourth-order valence-electron chi connectivity index (χ4n) is 2.00. The van der Waals surface area contributed by atoms with Gasteiger partial charge in [0.1, 0.15) is 0 Å². The van der Waals surface area contributed by atoms with Gasteiger partial charge in [0, 0.05) is 32.8 Å². The molecule has 1 N–H and O–H groups in total. The van der Waals surface area contributed by atoms with Crippen molar-refractivity contribution in [1.82, 2.24) is 4.90 Å². The lowest BCUT2D eigenvalue weighted by Crippen LogP contribution is -2.34. The van der Waals surface area contributed by atoms with E-state index in [1.165, 1.54) is 0 Å². The third kappa shape index (κ3) is 18.1. The summed E-state index contributed by atoms with van der Waals surface area (Å²) in [6.07, 6.45) is 4.52. The quantitative estimate of drug-likeness (QED) is 0.339. The van der Waals surface area contributed by atoms with Crippen LogP contribution in [0.4, 0.5) is 0 Å².